The van der Waals surface area contributed by atoms with Crippen LogP contribution in [0.15, 0.2) is 22.7 Å². The molecule has 1 amide bonds. The van der Waals surface area contributed by atoms with Crippen molar-refractivity contribution in [2.45, 2.75) is 25.7 Å². The quantitative estimate of drug-likeness (QED) is 0.778. The molecular weight excluding hydrogens is 326 g/mol. The van der Waals surface area contributed by atoms with E-state index in [-0.39, 0.29) is 5.91 Å². The summed E-state index contributed by atoms with van der Waals surface area (Å²) in [6.45, 7) is 1.85. The van der Waals surface area contributed by atoms with Gasteiger partial charge in [0.2, 0.25) is 0 Å². The number of amides is 1. The van der Waals surface area contributed by atoms with Crippen LogP contribution in [0.4, 0.5) is 0 Å². The lowest BCUT2D eigenvalue weighted by atomic mass is 10.2. The number of carbonyl (C=O) groups is 1. The van der Waals surface area contributed by atoms with Crippen molar-refractivity contribution in [2.75, 3.05) is 13.1 Å². The summed E-state index contributed by atoms with van der Waals surface area (Å²) in [5.74, 6) is 1.62. The van der Waals surface area contributed by atoms with Crippen molar-refractivity contribution in [1.29, 1.82) is 0 Å². The van der Waals surface area contributed by atoms with Gasteiger partial charge < -0.3 is 4.90 Å². The van der Waals surface area contributed by atoms with Gasteiger partial charge in [0.25, 0.3) is 5.91 Å². The number of rotatable bonds is 5. The Morgan fingerprint density at radius 1 is 1.21 bits per heavy atom. The second-order valence-electron chi connectivity index (χ2n) is 5.73. The summed E-state index contributed by atoms with van der Waals surface area (Å²) in [6.07, 6.45) is 5.11. The van der Waals surface area contributed by atoms with Crippen LogP contribution in [-0.2, 0) is 0 Å². The van der Waals surface area contributed by atoms with E-state index in [4.69, 9.17) is 11.6 Å². The Bertz CT molecular complexity index is 483. The summed E-state index contributed by atoms with van der Waals surface area (Å²) in [7, 11) is 0. The van der Waals surface area contributed by atoms with Crippen LogP contribution in [0, 0.1) is 11.8 Å². The molecule has 3 rings (SSSR count). The Morgan fingerprint density at radius 2 is 1.79 bits per heavy atom. The standard InChI is InChI=1S/C15H17BrClNO/c16-13-7-12(5-6-14(13)17)15(19)18(8-10-1-2-10)9-11-3-4-11/h5-7,10-11H,1-4,8-9H2. The van der Waals surface area contributed by atoms with Crippen LogP contribution in [0.2, 0.25) is 5.02 Å². The van der Waals surface area contributed by atoms with Crippen LogP contribution in [0.25, 0.3) is 0 Å². The molecule has 1 aromatic carbocycles. The Morgan fingerprint density at radius 3 is 2.26 bits per heavy atom. The first-order chi connectivity index (χ1) is 9.13. The largest absolute Gasteiger partial charge is 0.338 e. The van der Waals surface area contributed by atoms with Gasteiger partial charge in [0, 0.05) is 23.1 Å². The van der Waals surface area contributed by atoms with E-state index in [1.165, 1.54) is 25.7 Å². The molecule has 4 heteroatoms. The van der Waals surface area contributed by atoms with Crippen LogP contribution in [0.3, 0.4) is 0 Å². The summed E-state index contributed by atoms with van der Waals surface area (Å²) >= 11 is 9.37. The van der Waals surface area contributed by atoms with Gasteiger partial charge in [0.15, 0.2) is 0 Å². The van der Waals surface area contributed by atoms with E-state index in [2.05, 4.69) is 15.9 Å². The Labute approximate surface area is 127 Å². The molecule has 0 N–H and O–H groups in total. The number of nitrogens with zero attached hydrogens (tertiary/aromatic N) is 1. The van der Waals surface area contributed by atoms with Crippen LogP contribution in [0.5, 0.6) is 0 Å². The average molecular weight is 343 g/mol. The summed E-state index contributed by atoms with van der Waals surface area (Å²) in [6, 6.07) is 5.44. The fraction of sp³-hybridized carbons (Fsp3) is 0.533. The highest BCUT2D eigenvalue weighted by Crippen LogP contribution is 2.34. The Balaban J connectivity index is 1.74. The normalized spacial score (nSPS) is 18.4. The first-order valence-corrected chi connectivity index (χ1v) is 8.05. The van der Waals surface area contributed by atoms with E-state index in [0.29, 0.717) is 5.02 Å². The predicted molar refractivity (Wildman–Crippen MR) is 80.5 cm³/mol. The Hall–Kier alpha value is -0.540. The molecule has 2 nitrogen and oxygen atoms in total. The van der Waals surface area contributed by atoms with Gasteiger partial charge in [-0.3, -0.25) is 4.79 Å². The van der Waals surface area contributed by atoms with Gasteiger partial charge >= 0.3 is 0 Å². The van der Waals surface area contributed by atoms with Gasteiger partial charge in [-0.2, -0.15) is 0 Å². The summed E-state index contributed by atoms with van der Waals surface area (Å²) in [5, 5.41) is 0.646. The van der Waals surface area contributed by atoms with Crippen molar-refractivity contribution in [1.82, 2.24) is 4.90 Å². The highest BCUT2D eigenvalue weighted by Gasteiger charge is 2.31. The number of carbonyl (C=O) groups excluding carboxylic acids is 1. The van der Waals surface area contributed by atoms with Crippen LogP contribution >= 0.6 is 27.5 Å². The molecule has 2 aliphatic rings. The van der Waals surface area contributed by atoms with Crippen molar-refractivity contribution < 1.29 is 4.79 Å². The van der Waals surface area contributed by atoms with Gasteiger partial charge in [-0.05, 0) is 71.6 Å². The highest BCUT2D eigenvalue weighted by atomic mass is 79.9. The molecule has 0 radical (unpaired) electrons. The van der Waals surface area contributed by atoms with E-state index < -0.39 is 0 Å². The average Bonchev–Trinajstić information content (AvgIpc) is 3.26. The molecule has 0 saturated heterocycles. The molecule has 19 heavy (non-hydrogen) atoms. The predicted octanol–water partition coefficient (Wildman–Crippen LogP) is 4.36. The van der Waals surface area contributed by atoms with Gasteiger partial charge in [0.05, 0.1) is 5.02 Å². The summed E-state index contributed by atoms with van der Waals surface area (Å²) in [5.41, 5.74) is 0.734. The Kier molecular flexibility index (Phi) is 3.86. The maximum absolute atomic E-state index is 12.6. The summed E-state index contributed by atoms with van der Waals surface area (Å²) < 4.78 is 0.790. The lowest BCUT2D eigenvalue weighted by Crippen LogP contribution is -2.34. The molecule has 1 aromatic rings. The van der Waals surface area contributed by atoms with Crippen molar-refractivity contribution in [3.63, 3.8) is 0 Å². The summed E-state index contributed by atoms with van der Waals surface area (Å²) in [4.78, 5) is 14.6. The molecule has 0 spiro atoms. The number of halogens is 2. The van der Waals surface area contributed by atoms with Gasteiger partial charge in [-0.1, -0.05) is 11.6 Å². The van der Waals surface area contributed by atoms with Crippen molar-refractivity contribution in [3.8, 4) is 0 Å². The minimum Gasteiger partial charge on any atom is -0.338 e. The van der Waals surface area contributed by atoms with Crippen LogP contribution < -0.4 is 0 Å². The first kappa shape index (κ1) is 13.4. The van der Waals surface area contributed by atoms with Crippen LogP contribution in [-0.4, -0.2) is 23.9 Å². The molecule has 0 unspecified atom stereocenters. The monoisotopic (exact) mass is 341 g/mol. The number of hydrogen-bond donors (Lipinski definition) is 0. The van der Waals surface area contributed by atoms with E-state index in [1.807, 2.05) is 17.0 Å². The number of hydrogen-bond acceptors (Lipinski definition) is 1. The zero-order valence-corrected chi connectivity index (χ0v) is 13.1. The van der Waals surface area contributed by atoms with Crippen molar-refractivity contribution >= 4 is 33.4 Å². The SMILES string of the molecule is O=C(c1ccc(Cl)c(Br)c1)N(CC1CC1)CC1CC1. The van der Waals surface area contributed by atoms with Gasteiger partial charge in [-0.15, -0.1) is 0 Å². The fourth-order valence-electron chi connectivity index (χ4n) is 2.28. The smallest absolute Gasteiger partial charge is 0.253 e. The zero-order valence-electron chi connectivity index (χ0n) is 10.7. The van der Waals surface area contributed by atoms with E-state index in [1.54, 1.807) is 6.07 Å². The van der Waals surface area contributed by atoms with Gasteiger partial charge in [-0.25, -0.2) is 0 Å². The third kappa shape index (κ3) is 3.51. The molecule has 0 heterocycles. The molecule has 0 atom stereocenters. The molecule has 0 aliphatic heterocycles. The third-order valence-corrected chi connectivity index (χ3v) is 5.02. The first-order valence-electron chi connectivity index (χ1n) is 6.88. The van der Waals surface area contributed by atoms with Crippen molar-refractivity contribution in [3.05, 3.63) is 33.3 Å². The molecule has 2 fully saturated rings. The third-order valence-electron chi connectivity index (χ3n) is 3.80. The van der Waals surface area contributed by atoms with Gasteiger partial charge in [0.1, 0.15) is 0 Å². The molecule has 2 aliphatic carbocycles. The lowest BCUT2D eigenvalue weighted by Gasteiger charge is -2.23. The molecule has 0 bridgehead atoms. The second-order valence-corrected chi connectivity index (χ2v) is 6.99. The number of benzene rings is 1. The van der Waals surface area contributed by atoms with Crippen molar-refractivity contribution in [2.24, 2.45) is 11.8 Å². The van der Waals surface area contributed by atoms with Crippen LogP contribution in [0.1, 0.15) is 36.0 Å². The fourth-order valence-corrected chi connectivity index (χ4v) is 2.77. The maximum Gasteiger partial charge on any atom is 0.253 e. The molecular formula is C15H17BrClNO. The molecule has 102 valence electrons. The van der Waals surface area contributed by atoms with E-state index >= 15 is 0 Å². The lowest BCUT2D eigenvalue weighted by molar-refractivity contribution is 0.0739. The highest BCUT2D eigenvalue weighted by molar-refractivity contribution is 9.10. The minimum atomic E-state index is 0.149. The minimum absolute atomic E-state index is 0.149. The maximum atomic E-state index is 12.6. The van der Waals surface area contributed by atoms with E-state index in [9.17, 15) is 4.79 Å². The van der Waals surface area contributed by atoms with E-state index in [0.717, 1.165) is 35.0 Å². The molecule has 0 aromatic heterocycles. The second kappa shape index (κ2) is 5.45. The zero-order chi connectivity index (χ0) is 13.4. The topological polar surface area (TPSA) is 20.3 Å². The molecule has 2 saturated carbocycles.